The van der Waals surface area contributed by atoms with E-state index in [0.717, 1.165) is 95.4 Å². The SMILES string of the molecule is CCCCC1CC(N(C2CCCCC2)C2CCC(C)CC2)C2CCC3C(CCCC)CC(N(C4CCCCC4)C4CCC(C)CC4)C4CCC1C2C34. The van der Waals surface area contributed by atoms with Gasteiger partial charge in [-0.3, -0.25) is 9.80 Å². The van der Waals surface area contributed by atoms with Crippen molar-refractivity contribution in [3.05, 3.63) is 0 Å². The van der Waals surface area contributed by atoms with Gasteiger partial charge in [0, 0.05) is 36.3 Å². The molecule has 2 heteroatoms. The summed E-state index contributed by atoms with van der Waals surface area (Å²) in [6.45, 7) is 10.1. The molecule has 8 rings (SSSR count). The van der Waals surface area contributed by atoms with E-state index in [4.69, 9.17) is 0 Å². The van der Waals surface area contributed by atoms with Gasteiger partial charge in [-0.15, -0.1) is 0 Å². The zero-order valence-electron chi connectivity index (χ0n) is 35.3. The molecule has 298 valence electrons. The molecule has 0 aliphatic heterocycles. The van der Waals surface area contributed by atoms with Crippen LogP contribution in [0.1, 0.15) is 220 Å². The Morgan fingerprint density at radius 3 is 1.10 bits per heavy atom. The third kappa shape index (κ3) is 8.04. The van der Waals surface area contributed by atoms with Crippen LogP contribution < -0.4 is 0 Å². The first-order valence-electron chi connectivity index (χ1n) is 25.1. The molecule has 0 aromatic rings. The predicted molar refractivity (Wildman–Crippen MR) is 223 cm³/mol. The fraction of sp³-hybridized carbons (Fsp3) is 1.00. The standard InChI is InChI=1S/C50H88N2/c1-5-7-15-37-33-47(51(39-17-11-9-12-18-39)41-25-21-35(3)22-26-41)45-32-30-44-38(16-8-6-2)34-48(46-31-29-43(37)49(45)50(44)46)52(40-19-13-10-14-20-40)42-27-23-36(4)24-28-42/h35-50H,5-34H2,1-4H3. The minimum atomic E-state index is 0.900. The summed E-state index contributed by atoms with van der Waals surface area (Å²) in [5, 5.41) is 0. The highest BCUT2D eigenvalue weighted by Crippen LogP contribution is 2.65. The van der Waals surface area contributed by atoms with E-state index in [2.05, 4.69) is 37.5 Å². The lowest BCUT2D eigenvalue weighted by molar-refractivity contribution is -0.178. The Bertz CT molecular complexity index is 974. The average molecular weight is 717 g/mol. The van der Waals surface area contributed by atoms with Crippen LogP contribution in [0, 0.1) is 59.2 Å². The molecule has 8 saturated carbocycles. The summed E-state index contributed by atoms with van der Waals surface area (Å²) in [5.41, 5.74) is 0. The summed E-state index contributed by atoms with van der Waals surface area (Å²) in [7, 11) is 0. The fourth-order valence-corrected chi connectivity index (χ4v) is 16.4. The third-order valence-corrected chi connectivity index (χ3v) is 18.8. The molecule has 0 amide bonds. The van der Waals surface area contributed by atoms with Gasteiger partial charge in [0.15, 0.2) is 0 Å². The smallest absolute Gasteiger partial charge is 0.0135 e. The molecule has 0 bridgehead atoms. The maximum absolute atomic E-state index is 3.43. The van der Waals surface area contributed by atoms with Crippen LogP contribution in [0.2, 0.25) is 0 Å². The molecule has 0 saturated heterocycles. The summed E-state index contributed by atoms with van der Waals surface area (Å²) in [6, 6.07) is 5.43. The summed E-state index contributed by atoms with van der Waals surface area (Å²) >= 11 is 0. The van der Waals surface area contributed by atoms with Crippen LogP contribution in [0.5, 0.6) is 0 Å². The number of hydrogen-bond donors (Lipinski definition) is 0. The zero-order valence-corrected chi connectivity index (χ0v) is 35.3. The topological polar surface area (TPSA) is 6.48 Å². The van der Waals surface area contributed by atoms with Crippen LogP contribution in [0.4, 0.5) is 0 Å². The fourth-order valence-electron chi connectivity index (χ4n) is 16.4. The van der Waals surface area contributed by atoms with Gasteiger partial charge in [-0.2, -0.15) is 0 Å². The molecule has 10 unspecified atom stereocenters. The van der Waals surface area contributed by atoms with Crippen LogP contribution >= 0.6 is 0 Å². The molecule has 8 fully saturated rings. The Hall–Kier alpha value is -0.0800. The Labute approximate surface area is 324 Å². The molecule has 52 heavy (non-hydrogen) atoms. The Balaban J connectivity index is 1.16. The maximum atomic E-state index is 3.43. The molecule has 10 atom stereocenters. The number of rotatable bonds is 12. The normalized spacial score (nSPS) is 44.9. The van der Waals surface area contributed by atoms with Gasteiger partial charge in [-0.05, 0) is 175 Å². The molecule has 0 N–H and O–H groups in total. The lowest BCUT2D eigenvalue weighted by Crippen LogP contribution is -2.66. The first-order valence-corrected chi connectivity index (χ1v) is 25.1. The van der Waals surface area contributed by atoms with Gasteiger partial charge in [-0.25, -0.2) is 0 Å². The highest BCUT2D eigenvalue weighted by Gasteiger charge is 2.61. The van der Waals surface area contributed by atoms with E-state index in [0.29, 0.717) is 0 Å². The quantitative estimate of drug-likeness (QED) is 0.198. The van der Waals surface area contributed by atoms with Gasteiger partial charge < -0.3 is 0 Å². The second-order valence-electron chi connectivity index (χ2n) is 21.7. The van der Waals surface area contributed by atoms with Gasteiger partial charge >= 0.3 is 0 Å². The maximum Gasteiger partial charge on any atom is 0.0135 e. The first-order chi connectivity index (χ1) is 25.6. The number of unbranched alkanes of at least 4 members (excludes halogenated alkanes) is 2. The summed E-state index contributed by atoms with van der Waals surface area (Å²) in [5.74, 6) is 10.2. The van der Waals surface area contributed by atoms with Crippen molar-refractivity contribution in [2.24, 2.45) is 59.2 Å². The molecule has 0 heterocycles. The Morgan fingerprint density at radius 1 is 0.385 bits per heavy atom. The van der Waals surface area contributed by atoms with Crippen molar-refractivity contribution < 1.29 is 0 Å². The lowest BCUT2D eigenvalue weighted by atomic mass is 9.42. The van der Waals surface area contributed by atoms with Gasteiger partial charge in [0.05, 0.1) is 0 Å². The van der Waals surface area contributed by atoms with Crippen molar-refractivity contribution in [2.75, 3.05) is 0 Å². The molecule has 0 spiro atoms. The first kappa shape index (κ1) is 38.8. The molecule has 0 radical (unpaired) electrons. The van der Waals surface area contributed by atoms with Crippen molar-refractivity contribution in [1.29, 1.82) is 0 Å². The second-order valence-corrected chi connectivity index (χ2v) is 21.7. The molecule has 2 nitrogen and oxygen atoms in total. The minimum absolute atomic E-state index is 0.900. The van der Waals surface area contributed by atoms with Crippen molar-refractivity contribution in [2.45, 2.75) is 257 Å². The van der Waals surface area contributed by atoms with E-state index in [9.17, 15) is 0 Å². The molecule has 8 aliphatic rings. The Morgan fingerprint density at radius 2 is 0.731 bits per heavy atom. The molecular formula is C50H88N2. The van der Waals surface area contributed by atoms with E-state index >= 15 is 0 Å². The third-order valence-electron chi connectivity index (χ3n) is 18.8. The van der Waals surface area contributed by atoms with Crippen molar-refractivity contribution in [3.63, 3.8) is 0 Å². The van der Waals surface area contributed by atoms with E-state index in [1.165, 1.54) is 141 Å². The molecular weight excluding hydrogens is 629 g/mol. The van der Waals surface area contributed by atoms with Gasteiger partial charge in [0.25, 0.3) is 0 Å². The van der Waals surface area contributed by atoms with Crippen molar-refractivity contribution in [3.8, 4) is 0 Å². The van der Waals surface area contributed by atoms with E-state index in [1.54, 1.807) is 51.4 Å². The average Bonchev–Trinajstić information content (AvgIpc) is 3.19. The molecule has 8 aliphatic carbocycles. The lowest BCUT2D eigenvalue weighted by Gasteiger charge is -2.67. The van der Waals surface area contributed by atoms with Crippen molar-refractivity contribution in [1.82, 2.24) is 9.80 Å². The van der Waals surface area contributed by atoms with Crippen LogP contribution in [-0.2, 0) is 0 Å². The van der Waals surface area contributed by atoms with E-state index < -0.39 is 0 Å². The van der Waals surface area contributed by atoms with Crippen LogP contribution in [0.25, 0.3) is 0 Å². The van der Waals surface area contributed by atoms with Crippen LogP contribution in [0.3, 0.4) is 0 Å². The summed E-state index contributed by atoms with van der Waals surface area (Å²) < 4.78 is 0. The van der Waals surface area contributed by atoms with Crippen molar-refractivity contribution >= 4 is 0 Å². The predicted octanol–water partition coefficient (Wildman–Crippen LogP) is 13.9. The second kappa shape index (κ2) is 18.0. The Kier molecular flexibility index (Phi) is 13.4. The van der Waals surface area contributed by atoms with E-state index in [-0.39, 0.29) is 0 Å². The van der Waals surface area contributed by atoms with Gasteiger partial charge in [0.2, 0.25) is 0 Å². The number of hydrogen-bond acceptors (Lipinski definition) is 2. The highest BCUT2D eigenvalue weighted by molar-refractivity contribution is 5.12. The summed E-state index contributed by atoms with van der Waals surface area (Å²) in [4.78, 5) is 6.86. The van der Waals surface area contributed by atoms with Gasteiger partial charge in [-0.1, -0.05) is 105 Å². The summed E-state index contributed by atoms with van der Waals surface area (Å²) in [6.07, 6.45) is 45.7. The van der Waals surface area contributed by atoms with Gasteiger partial charge in [0.1, 0.15) is 0 Å². The van der Waals surface area contributed by atoms with Crippen LogP contribution in [-0.4, -0.2) is 46.1 Å². The van der Waals surface area contributed by atoms with Crippen LogP contribution in [0.15, 0.2) is 0 Å². The molecule has 0 aromatic carbocycles. The minimum Gasteiger partial charge on any atom is -0.294 e. The number of nitrogens with zero attached hydrogens (tertiary/aromatic N) is 2. The molecule has 0 aromatic heterocycles. The largest absolute Gasteiger partial charge is 0.294 e. The van der Waals surface area contributed by atoms with E-state index in [1.807, 2.05) is 0 Å². The monoisotopic (exact) mass is 717 g/mol. The zero-order chi connectivity index (χ0) is 35.6. The highest BCUT2D eigenvalue weighted by atomic mass is 15.2.